The van der Waals surface area contributed by atoms with Gasteiger partial charge < -0.3 is 4.90 Å². The van der Waals surface area contributed by atoms with E-state index < -0.39 is 11.7 Å². The molecule has 1 saturated heterocycles. The number of anilines is 1. The van der Waals surface area contributed by atoms with Crippen molar-refractivity contribution in [3.8, 4) is 0 Å². The topological polar surface area (TPSA) is 46.1 Å². The Bertz CT molecular complexity index is 1170. The van der Waals surface area contributed by atoms with E-state index in [9.17, 15) is 18.0 Å². The van der Waals surface area contributed by atoms with E-state index in [1.807, 2.05) is 43.3 Å². The van der Waals surface area contributed by atoms with Crippen LogP contribution in [0.15, 0.2) is 54.7 Å². The molecule has 4 nitrogen and oxygen atoms in total. The van der Waals surface area contributed by atoms with Crippen molar-refractivity contribution in [2.45, 2.75) is 64.5 Å². The third-order valence-corrected chi connectivity index (χ3v) is 6.77. The highest BCUT2D eigenvalue weighted by atomic mass is 19.4. The first-order chi connectivity index (χ1) is 17.3. The summed E-state index contributed by atoms with van der Waals surface area (Å²) < 4.78 is 41.2. The number of aryl methyl sites for hydroxylation is 2. The number of hydrogen-bond donors (Lipinski definition) is 0. The standard InChI is InChI=1S/C29H32F3N3O/c1-2-25(36)19-23-9-5-4-8-22(23)12-15-27-26(29(30,31)32)20-33-28(34-27)18-21-10-13-24(14-11-21)35-16-6-3-7-17-35/h4-5,8-11,13-14,20H,2-3,6-7,12,15-19H2,1H3. The number of piperidine rings is 1. The van der Waals surface area contributed by atoms with E-state index in [0.29, 0.717) is 31.5 Å². The van der Waals surface area contributed by atoms with Gasteiger partial charge in [-0.05, 0) is 60.9 Å². The van der Waals surface area contributed by atoms with E-state index in [0.717, 1.165) is 36.0 Å². The van der Waals surface area contributed by atoms with Crippen LogP contribution < -0.4 is 4.90 Å². The van der Waals surface area contributed by atoms with Gasteiger partial charge in [0, 0.05) is 44.2 Å². The van der Waals surface area contributed by atoms with Gasteiger partial charge in [-0.2, -0.15) is 13.2 Å². The number of aromatic nitrogens is 2. The molecular weight excluding hydrogens is 463 g/mol. The summed E-state index contributed by atoms with van der Waals surface area (Å²) >= 11 is 0. The quantitative estimate of drug-likeness (QED) is 0.345. The summed E-state index contributed by atoms with van der Waals surface area (Å²) in [4.78, 5) is 22.7. The molecule has 1 aromatic heterocycles. The molecule has 3 aromatic rings. The first-order valence-electron chi connectivity index (χ1n) is 12.7. The van der Waals surface area contributed by atoms with Gasteiger partial charge in [-0.15, -0.1) is 0 Å². The molecular formula is C29H32F3N3O. The van der Waals surface area contributed by atoms with Crippen molar-refractivity contribution in [1.29, 1.82) is 0 Å². The summed E-state index contributed by atoms with van der Waals surface area (Å²) in [5.41, 5.74) is 3.07. The fourth-order valence-electron chi connectivity index (χ4n) is 4.69. The number of carbonyl (C=O) groups excluding carboxylic acids is 1. The normalized spacial score (nSPS) is 14.2. The second kappa shape index (κ2) is 11.7. The van der Waals surface area contributed by atoms with Gasteiger partial charge in [-0.25, -0.2) is 9.97 Å². The lowest BCUT2D eigenvalue weighted by atomic mass is 9.96. The second-order valence-corrected chi connectivity index (χ2v) is 9.37. The van der Waals surface area contributed by atoms with Crippen molar-refractivity contribution in [2.75, 3.05) is 18.0 Å². The molecule has 4 rings (SSSR count). The fraction of sp³-hybridized carbons (Fsp3) is 0.414. The van der Waals surface area contributed by atoms with E-state index in [1.165, 1.54) is 24.9 Å². The lowest BCUT2D eigenvalue weighted by Crippen LogP contribution is -2.29. The third kappa shape index (κ3) is 6.71. The Labute approximate surface area is 210 Å². The zero-order valence-corrected chi connectivity index (χ0v) is 20.7. The van der Waals surface area contributed by atoms with Gasteiger partial charge in [0.2, 0.25) is 0 Å². The minimum atomic E-state index is -4.53. The van der Waals surface area contributed by atoms with Crippen LogP contribution in [0.2, 0.25) is 0 Å². The number of halogens is 3. The van der Waals surface area contributed by atoms with Gasteiger partial charge in [0.15, 0.2) is 0 Å². The second-order valence-electron chi connectivity index (χ2n) is 9.37. The van der Waals surface area contributed by atoms with Crippen LogP contribution in [0.1, 0.15) is 66.4 Å². The molecule has 1 aliphatic rings. The molecule has 190 valence electrons. The fourth-order valence-corrected chi connectivity index (χ4v) is 4.69. The van der Waals surface area contributed by atoms with Crippen LogP contribution in [0.4, 0.5) is 18.9 Å². The highest BCUT2D eigenvalue weighted by Crippen LogP contribution is 2.32. The molecule has 2 heterocycles. The van der Waals surface area contributed by atoms with Crippen LogP contribution in [0, 0.1) is 0 Å². The van der Waals surface area contributed by atoms with Crippen molar-refractivity contribution in [3.63, 3.8) is 0 Å². The number of benzene rings is 2. The zero-order chi connectivity index (χ0) is 25.5. The number of nitrogens with zero attached hydrogens (tertiary/aromatic N) is 3. The van der Waals surface area contributed by atoms with Crippen LogP contribution in [0.3, 0.4) is 0 Å². The van der Waals surface area contributed by atoms with Crippen LogP contribution in [0.25, 0.3) is 0 Å². The largest absolute Gasteiger partial charge is 0.419 e. The minimum Gasteiger partial charge on any atom is -0.372 e. The van der Waals surface area contributed by atoms with Gasteiger partial charge in [-0.3, -0.25) is 4.79 Å². The van der Waals surface area contributed by atoms with E-state index in [2.05, 4.69) is 27.0 Å². The van der Waals surface area contributed by atoms with E-state index in [4.69, 9.17) is 0 Å². The Hall–Kier alpha value is -3.22. The molecule has 0 radical (unpaired) electrons. The molecule has 0 saturated carbocycles. The number of Topliss-reactive ketones (excluding diaryl/α,β-unsaturated/α-hetero) is 1. The molecule has 0 atom stereocenters. The van der Waals surface area contributed by atoms with Crippen LogP contribution in [-0.2, 0) is 36.7 Å². The van der Waals surface area contributed by atoms with Gasteiger partial charge in [0.25, 0.3) is 0 Å². The molecule has 36 heavy (non-hydrogen) atoms. The van der Waals surface area contributed by atoms with E-state index in [-0.39, 0.29) is 17.9 Å². The Balaban J connectivity index is 1.51. The predicted molar refractivity (Wildman–Crippen MR) is 135 cm³/mol. The number of carbonyl (C=O) groups is 1. The summed E-state index contributed by atoms with van der Waals surface area (Å²) in [7, 11) is 0. The molecule has 7 heteroatoms. The minimum absolute atomic E-state index is 0.00550. The molecule has 1 fully saturated rings. The molecule has 0 spiro atoms. The molecule has 0 amide bonds. The van der Waals surface area contributed by atoms with E-state index in [1.54, 1.807) is 0 Å². The van der Waals surface area contributed by atoms with Gasteiger partial charge in [0.05, 0.1) is 11.3 Å². The van der Waals surface area contributed by atoms with Crippen molar-refractivity contribution >= 4 is 11.5 Å². The average Bonchev–Trinajstić information content (AvgIpc) is 2.88. The van der Waals surface area contributed by atoms with Crippen molar-refractivity contribution in [2.24, 2.45) is 0 Å². The smallest absolute Gasteiger partial charge is 0.372 e. The molecule has 1 aliphatic heterocycles. The summed E-state index contributed by atoms with van der Waals surface area (Å²) in [6.45, 7) is 3.92. The highest BCUT2D eigenvalue weighted by molar-refractivity contribution is 5.80. The Morgan fingerprint density at radius 2 is 1.64 bits per heavy atom. The van der Waals surface area contributed by atoms with Crippen molar-refractivity contribution in [1.82, 2.24) is 9.97 Å². The first-order valence-corrected chi connectivity index (χ1v) is 12.7. The summed E-state index contributed by atoms with van der Waals surface area (Å²) in [6, 6.07) is 15.6. The Kier molecular flexibility index (Phi) is 8.39. The number of hydrogen-bond acceptors (Lipinski definition) is 4. The molecule has 0 aliphatic carbocycles. The number of ketones is 1. The first kappa shape index (κ1) is 25.9. The highest BCUT2D eigenvalue weighted by Gasteiger charge is 2.34. The lowest BCUT2D eigenvalue weighted by molar-refractivity contribution is -0.138. The van der Waals surface area contributed by atoms with Crippen LogP contribution in [0.5, 0.6) is 0 Å². The number of rotatable bonds is 9. The monoisotopic (exact) mass is 495 g/mol. The van der Waals surface area contributed by atoms with Gasteiger partial charge in [0.1, 0.15) is 11.6 Å². The molecule has 0 unspecified atom stereocenters. The summed E-state index contributed by atoms with van der Waals surface area (Å²) in [5, 5.41) is 0. The predicted octanol–water partition coefficient (Wildman–Crippen LogP) is 6.38. The van der Waals surface area contributed by atoms with Crippen molar-refractivity contribution < 1.29 is 18.0 Å². The Morgan fingerprint density at radius 3 is 2.31 bits per heavy atom. The molecule has 2 aromatic carbocycles. The van der Waals surface area contributed by atoms with Gasteiger partial charge >= 0.3 is 6.18 Å². The average molecular weight is 496 g/mol. The van der Waals surface area contributed by atoms with Crippen molar-refractivity contribution in [3.05, 3.63) is 88.5 Å². The lowest BCUT2D eigenvalue weighted by Gasteiger charge is -2.28. The Morgan fingerprint density at radius 1 is 0.944 bits per heavy atom. The SMILES string of the molecule is CCC(=O)Cc1ccccc1CCc1nc(Cc2ccc(N3CCCCC3)cc2)ncc1C(F)(F)F. The molecule has 0 N–H and O–H groups in total. The van der Waals surface area contributed by atoms with Gasteiger partial charge in [-0.1, -0.05) is 43.3 Å². The molecule has 0 bridgehead atoms. The maximum absolute atomic E-state index is 13.7. The maximum atomic E-state index is 13.7. The summed E-state index contributed by atoms with van der Waals surface area (Å²) in [6.07, 6.45) is 1.63. The van der Waals surface area contributed by atoms with Crippen LogP contribution >= 0.6 is 0 Å². The zero-order valence-electron chi connectivity index (χ0n) is 20.7. The summed E-state index contributed by atoms with van der Waals surface area (Å²) in [5.74, 6) is 0.479. The maximum Gasteiger partial charge on any atom is 0.419 e. The third-order valence-electron chi connectivity index (χ3n) is 6.77. The van der Waals surface area contributed by atoms with E-state index >= 15 is 0 Å². The number of alkyl halides is 3. The van der Waals surface area contributed by atoms with Crippen LogP contribution in [-0.4, -0.2) is 28.8 Å².